The van der Waals surface area contributed by atoms with Gasteiger partial charge in [0, 0.05) is 25.8 Å². The summed E-state index contributed by atoms with van der Waals surface area (Å²) in [5.41, 5.74) is 6.53. The largest absolute Gasteiger partial charge is 0.491 e. The Labute approximate surface area is 158 Å². The zero-order valence-corrected chi connectivity index (χ0v) is 15.1. The van der Waals surface area contributed by atoms with Crippen LogP contribution in [-0.2, 0) is 11.3 Å². The van der Waals surface area contributed by atoms with Crippen molar-refractivity contribution in [3.63, 3.8) is 0 Å². The van der Waals surface area contributed by atoms with E-state index < -0.39 is 5.82 Å². The Hall–Kier alpha value is -2.51. The zero-order chi connectivity index (χ0) is 19.1. The van der Waals surface area contributed by atoms with E-state index in [1.54, 1.807) is 11.1 Å². The highest BCUT2D eigenvalue weighted by atomic mass is 19.1. The number of aromatic nitrogens is 1. The molecule has 7 heteroatoms. The van der Waals surface area contributed by atoms with Gasteiger partial charge in [-0.25, -0.2) is 4.39 Å². The Morgan fingerprint density at radius 1 is 1.33 bits per heavy atom. The predicted molar refractivity (Wildman–Crippen MR) is 98.9 cm³/mol. The number of piperidine rings is 1. The van der Waals surface area contributed by atoms with Crippen molar-refractivity contribution in [2.45, 2.75) is 25.6 Å². The van der Waals surface area contributed by atoms with Crippen LogP contribution in [0.2, 0.25) is 0 Å². The number of halogens is 1. The van der Waals surface area contributed by atoms with Gasteiger partial charge < -0.3 is 20.1 Å². The first kappa shape index (κ1) is 19.3. The normalized spacial score (nSPS) is 17.0. The molecule has 1 aliphatic rings. The van der Waals surface area contributed by atoms with Gasteiger partial charge in [0.15, 0.2) is 0 Å². The molecule has 144 valence electrons. The lowest BCUT2D eigenvalue weighted by Gasteiger charge is -2.33. The lowest BCUT2D eigenvalue weighted by molar-refractivity contribution is -0.00795. The summed E-state index contributed by atoms with van der Waals surface area (Å²) in [6.07, 6.45) is 3.34. The first-order valence-corrected chi connectivity index (χ1v) is 9.10. The van der Waals surface area contributed by atoms with Crippen LogP contribution in [-0.4, -0.2) is 48.1 Å². The molecule has 2 aromatic rings. The molecule has 1 aromatic carbocycles. The highest BCUT2D eigenvalue weighted by molar-refractivity contribution is 5.97. The van der Waals surface area contributed by atoms with Crippen molar-refractivity contribution in [2.24, 2.45) is 5.73 Å². The summed E-state index contributed by atoms with van der Waals surface area (Å²) in [6, 6.07) is 9.63. The monoisotopic (exact) mass is 373 g/mol. The Bertz CT molecular complexity index is 757. The van der Waals surface area contributed by atoms with Crippen LogP contribution in [0.1, 0.15) is 28.9 Å². The highest BCUT2D eigenvalue weighted by Crippen LogP contribution is 2.24. The van der Waals surface area contributed by atoms with Crippen LogP contribution in [0.3, 0.4) is 0 Å². The quantitative estimate of drug-likeness (QED) is 0.806. The van der Waals surface area contributed by atoms with E-state index in [0.29, 0.717) is 32.0 Å². The van der Waals surface area contributed by atoms with E-state index >= 15 is 0 Å². The van der Waals surface area contributed by atoms with Crippen molar-refractivity contribution in [1.29, 1.82) is 0 Å². The van der Waals surface area contributed by atoms with Crippen LogP contribution >= 0.6 is 0 Å². The van der Waals surface area contributed by atoms with Gasteiger partial charge in [0.05, 0.1) is 24.0 Å². The van der Waals surface area contributed by atoms with Crippen molar-refractivity contribution in [2.75, 3.05) is 26.2 Å². The van der Waals surface area contributed by atoms with Crippen LogP contribution in [0.4, 0.5) is 4.39 Å². The number of nitrogens with zero attached hydrogens (tertiary/aromatic N) is 2. The number of carbonyl (C=O) groups is 1. The van der Waals surface area contributed by atoms with Gasteiger partial charge in [-0.1, -0.05) is 6.07 Å². The standard InChI is InChI=1S/C20H24FN3O3/c21-15-6-7-19(26-11-8-22)18(12-15)20(25)24-10-3-5-17(13-24)27-14-16-4-1-2-9-23-16/h1-2,4,6-7,9,12,17H,3,5,8,10-11,13-14,22H2/t17-/m1/s1. The molecule has 1 saturated heterocycles. The molecular weight excluding hydrogens is 349 g/mol. The molecule has 0 unspecified atom stereocenters. The molecule has 1 atom stereocenters. The lowest BCUT2D eigenvalue weighted by atomic mass is 10.1. The van der Waals surface area contributed by atoms with Gasteiger partial charge in [-0.05, 0) is 43.2 Å². The van der Waals surface area contributed by atoms with Crippen LogP contribution in [0.5, 0.6) is 5.75 Å². The van der Waals surface area contributed by atoms with Crippen LogP contribution in [0.15, 0.2) is 42.6 Å². The van der Waals surface area contributed by atoms with Gasteiger partial charge in [0.1, 0.15) is 18.2 Å². The molecule has 0 bridgehead atoms. The molecule has 1 aromatic heterocycles. The van der Waals surface area contributed by atoms with Gasteiger partial charge >= 0.3 is 0 Å². The van der Waals surface area contributed by atoms with Crippen molar-refractivity contribution >= 4 is 5.91 Å². The Morgan fingerprint density at radius 2 is 2.22 bits per heavy atom. The number of amides is 1. The summed E-state index contributed by atoms with van der Waals surface area (Å²) in [5, 5.41) is 0. The SMILES string of the molecule is NCCOc1ccc(F)cc1C(=O)N1CCC[C@@H](OCc2ccccn2)C1. The van der Waals surface area contributed by atoms with Crippen LogP contribution in [0, 0.1) is 5.82 Å². The predicted octanol–water partition coefficient (Wildman–Crippen LogP) is 2.38. The minimum atomic E-state index is -0.474. The van der Waals surface area contributed by atoms with Gasteiger partial charge in [-0.15, -0.1) is 0 Å². The molecule has 0 saturated carbocycles. The summed E-state index contributed by atoms with van der Waals surface area (Å²) >= 11 is 0. The third kappa shape index (κ3) is 5.24. The lowest BCUT2D eigenvalue weighted by Crippen LogP contribution is -2.43. The van der Waals surface area contributed by atoms with Crippen LogP contribution < -0.4 is 10.5 Å². The second-order valence-electron chi connectivity index (χ2n) is 6.43. The molecule has 3 rings (SSSR count). The van der Waals surface area contributed by atoms with E-state index in [-0.39, 0.29) is 24.2 Å². The van der Waals surface area contributed by atoms with E-state index in [1.807, 2.05) is 18.2 Å². The molecule has 0 spiro atoms. The molecule has 2 N–H and O–H groups in total. The maximum atomic E-state index is 13.7. The van der Waals surface area contributed by atoms with E-state index in [0.717, 1.165) is 18.5 Å². The Morgan fingerprint density at radius 3 is 3.00 bits per heavy atom. The molecule has 1 aliphatic heterocycles. The molecule has 1 fully saturated rings. The number of hydrogen-bond donors (Lipinski definition) is 1. The Kier molecular flexibility index (Phi) is 6.73. The number of hydrogen-bond acceptors (Lipinski definition) is 5. The van der Waals surface area contributed by atoms with Crippen LogP contribution in [0.25, 0.3) is 0 Å². The molecule has 2 heterocycles. The smallest absolute Gasteiger partial charge is 0.257 e. The number of nitrogens with two attached hydrogens (primary N) is 1. The maximum Gasteiger partial charge on any atom is 0.257 e. The van der Waals surface area contributed by atoms with Crippen molar-refractivity contribution < 1.29 is 18.7 Å². The fourth-order valence-electron chi connectivity index (χ4n) is 3.08. The maximum absolute atomic E-state index is 13.7. The minimum Gasteiger partial charge on any atom is -0.491 e. The highest BCUT2D eigenvalue weighted by Gasteiger charge is 2.27. The fourth-order valence-corrected chi connectivity index (χ4v) is 3.08. The van der Waals surface area contributed by atoms with E-state index in [9.17, 15) is 9.18 Å². The second-order valence-corrected chi connectivity index (χ2v) is 6.43. The molecule has 0 aliphatic carbocycles. The molecule has 1 amide bonds. The number of likely N-dealkylation sites (tertiary alicyclic amines) is 1. The number of pyridine rings is 1. The number of ether oxygens (including phenoxy) is 2. The third-order valence-corrected chi connectivity index (χ3v) is 4.41. The summed E-state index contributed by atoms with van der Waals surface area (Å²) in [4.78, 5) is 18.9. The van der Waals surface area contributed by atoms with Gasteiger partial charge in [-0.2, -0.15) is 0 Å². The summed E-state index contributed by atoms with van der Waals surface area (Å²) < 4.78 is 25.1. The van der Waals surface area contributed by atoms with Crippen molar-refractivity contribution in [1.82, 2.24) is 9.88 Å². The van der Waals surface area contributed by atoms with E-state index in [4.69, 9.17) is 15.2 Å². The van der Waals surface area contributed by atoms with Gasteiger partial charge in [0.2, 0.25) is 0 Å². The topological polar surface area (TPSA) is 77.7 Å². The minimum absolute atomic E-state index is 0.0772. The number of rotatable bonds is 7. The first-order chi connectivity index (χ1) is 13.2. The number of carbonyl (C=O) groups excluding carboxylic acids is 1. The van der Waals surface area contributed by atoms with Crippen molar-refractivity contribution in [3.8, 4) is 5.75 Å². The summed E-state index contributed by atoms with van der Waals surface area (Å²) in [7, 11) is 0. The summed E-state index contributed by atoms with van der Waals surface area (Å²) in [6.45, 7) is 2.05. The second kappa shape index (κ2) is 9.43. The average molecular weight is 373 g/mol. The van der Waals surface area contributed by atoms with Crippen molar-refractivity contribution in [3.05, 3.63) is 59.7 Å². The Balaban J connectivity index is 1.65. The zero-order valence-electron chi connectivity index (χ0n) is 15.1. The third-order valence-electron chi connectivity index (χ3n) is 4.41. The molecular formula is C20H24FN3O3. The van der Waals surface area contributed by atoms with E-state index in [1.165, 1.54) is 18.2 Å². The molecule has 27 heavy (non-hydrogen) atoms. The first-order valence-electron chi connectivity index (χ1n) is 9.10. The molecule has 6 nitrogen and oxygen atoms in total. The average Bonchev–Trinajstić information content (AvgIpc) is 2.72. The fraction of sp³-hybridized carbons (Fsp3) is 0.400. The van der Waals surface area contributed by atoms with E-state index in [2.05, 4.69) is 4.98 Å². The number of benzene rings is 1. The van der Waals surface area contributed by atoms with Gasteiger partial charge in [0.25, 0.3) is 5.91 Å². The van der Waals surface area contributed by atoms with Gasteiger partial charge in [-0.3, -0.25) is 9.78 Å². The molecule has 0 radical (unpaired) electrons. The summed E-state index contributed by atoms with van der Waals surface area (Å²) in [5.74, 6) is -0.380.